The molecule has 84 valence electrons. The van der Waals surface area contributed by atoms with E-state index in [1.54, 1.807) is 6.26 Å². The van der Waals surface area contributed by atoms with Crippen molar-refractivity contribution in [3.05, 3.63) is 24.2 Å². The van der Waals surface area contributed by atoms with Gasteiger partial charge in [-0.1, -0.05) is 0 Å². The highest BCUT2D eigenvalue weighted by Crippen LogP contribution is 2.17. The Morgan fingerprint density at radius 2 is 2.40 bits per heavy atom. The van der Waals surface area contributed by atoms with E-state index in [0.717, 1.165) is 25.3 Å². The van der Waals surface area contributed by atoms with Crippen molar-refractivity contribution in [2.45, 2.75) is 38.4 Å². The Labute approximate surface area is 90.8 Å². The quantitative estimate of drug-likeness (QED) is 0.753. The first kappa shape index (κ1) is 10.7. The Hall–Kier alpha value is -0.800. The highest BCUT2D eigenvalue weighted by molar-refractivity contribution is 4.98. The Morgan fingerprint density at radius 1 is 1.47 bits per heavy atom. The van der Waals surface area contributed by atoms with Crippen LogP contribution in [-0.4, -0.2) is 25.3 Å². The van der Waals surface area contributed by atoms with Crippen LogP contribution < -0.4 is 5.32 Å². The normalized spacial score (nSPS) is 25.9. The molecular formula is C12H19NO2. The van der Waals surface area contributed by atoms with Gasteiger partial charge >= 0.3 is 0 Å². The van der Waals surface area contributed by atoms with Crippen molar-refractivity contribution >= 4 is 0 Å². The van der Waals surface area contributed by atoms with Crippen molar-refractivity contribution in [1.29, 1.82) is 0 Å². The zero-order valence-corrected chi connectivity index (χ0v) is 9.24. The van der Waals surface area contributed by atoms with Gasteiger partial charge in [0.25, 0.3) is 0 Å². The molecule has 15 heavy (non-hydrogen) atoms. The van der Waals surface area contributed by atoms with E-state index in [2.05, 4.69) is 12.2 Å². The van der Waals surface area contributed by atoms with Gasteiger partial charge < -0.3 is 14.5 Å². The third kappa shape index (κ3) is 3.36. The van der Waals surface area contributed by atoms with Crippen molar-refractivity contribution in [1.82, 2.24) is 5.32 Å². The van der Waals surface area contributed by atoms with Crippen LogP contribution in [0.15, 0.2) is 22.8 Å². The first-order valence-corrected chi connectivity index (χ1v) is 5.73. The second kappa shape index (κ2) is 5.33. The van der Waals surface area contributed by atoms with E-state index >= 15 is 0 Å². The molecule has 2 heterocycles. The SMILES string of the molecule is CC1CCC(CNCCc2ccco2)O1. The summed E-state index contributed by atoms with van der Waals surface area (Å²) in [4.78, 5) is 0. The molecule has 1 fully saturated rings. The van der Waals surface area contributed by atoms with Gasteiger partial charge in [-0.05, 0) is 31.9 Å². The lowest BCUT2D eigenvalue weighted by atomic mass is 10.2. The number of rotatable bonds is 5. The predicted molar refractivity (Wildman–Crippen MR) is 58.9 cm³/mol. The van der Waals surface area contributed by atoms with Crippen LogP contribution in [0.4, 0.5) is 0 Å². The molecule has 1 aromatic heterocycles. The lowest BCUT2D eigenvalue weighted by Crippen LogP contribution is -2.28. The zero-order valence-electron chi connectivity index (χ0n) is 9.24. The summed E-state index contributed by atoms with van der Waals surface area (Å²) in [5, 5.41) is 3.40. The Kier molecular flexibility index (Phi) is 3.80. The summed E-state index contributed by atoms with van der Waals surface area (Å²) in [6, 6.07) is 3.94. The Balaban J connectivity index is 1.55. The molecule has 2 unspecified atom stereocenters. The van der Waals surface area contributed by atoms with Gasteiger partial charge in [0, 0.05) is 19.5 Å². The highest BCUT2D eigenvalue weighted by Gasteiger charge is 2.20. The minimum atomic E-state index is 0.414. The molecule has 0 saturated carbocycles. The maximum absolute atomic E-state index is 5.71. The average molecular weight is 209 g/mol. The summed E-state index contributed by atoms with van der Waals surface area (Å²) in [5.41, 5.74) is 0. The molecule has 0 aromatic carbocycles. The lowest BCUT2D eigenvalue weighted by Gasteiger charge is -2.11. The average Bonchev–Trinajstić information content (AvgIpc) is 2.84. The van der Waals surface area contributed by atoms with Gasteiger partial charge in [0.1, 0.15) is 5.76 Å². The molecule has 3 nitrogen and oxygen atoms in total. The second-order valence-electron chi connectivity index (χ2n) is 4.18. The van der Waals surface area contributed by atoms with Gasteiger partial charge in [-0.3, -0.25) is 0 Å². The smallest absolute Gasteiger partial charge is 0.105 e. The van der Waals surface area contributed by atoms with Crippen LogP contribution in [0.1, 0.15) is 25.5 Å². The third-order valence-electron chi connectivity index (χ3n) is 2.82. The first-order chi connectivity index (χ1) is 7.34. The molecule has 1 saturated heterocycles. The summed E-state index contributed by atoms with van der Waals surface area (Å²) in [6.45, 7) is 4.07. The van der Waals surface area contributed by atoms with Gasteiger partial charge in [0.15, 0.2) is 0 Å². The summed E-state index contributed by atoms with van der Waals surface area (Å²) >= 11 is 0. The van der Waals surface area contributed by atoms with Crippen LogP contribution >= 0.6 is 0 Å². The summed E-state index contributed by atoms with van der Waals surface area (Å²) in [6.07, 6.45) is 5.92. The topological polar surface area (TPSA) is 34.4 Å². The molecule has 1 N–H and O–H groups in total. The molecule has 1 aromatic rings. The number of nitrogens with one attached hydrogen (secondary N) is 1. The second-order valence-corrected chi connectivity index (χ2v) is 4.18. The monoisotopic (exact) mass is 209 g/mol. The third-order valence-corrected chi connectivity index (χ3v) is 2.82. The van der Waals surface area contributed by atoms with E-state index in [0.29, 0.717) is 12.2 Å². The van der Waals surface area contributed by atoms with Gasteiger partial charge in [0.2, 0.25) is 0 Å². The number of ether oxygens (including phenoxy) is 1. The van der Waals surface area contributed by atoms with Crippen molar-refractivity contribution in [3.63, 3.8) is 0 Å². The molecule has 1 aliphatic heterocycles. The van der Waals surface area contributed by atoms with E-state index in [-0.39, 0.29) is 0 Å². The van der Waals surface area contributed by atoms with Crippen molar-refractivity contribution < 1.29 is 9.15 Å². The van der Waals surface area contributed by atoms with E-state index in [9.17, 15) is 0 Å². The van der Waals surface area contributed by atoms with Gasteiger partial charge in [-0.25, -0.2) is 0 Å². The van der Waals surface area contributed by atoms with Crippen LogP contribution in [0.3, 0.4) is 0 Å². The fourth-order valence-electron chi connectivity index (χ4n) is 1.96. The first-order valence-electron chi connectivity index (χ1n) is 5.73. The van der Waals surface area contributed by atoms with Crippen molar-refractivity contribution in [2.24, 2.45) is 0 Å². The fraction of sp³-hybridized carbons (Fsp3) is 0.667. The molecule has 0 spiro atoms. The van der Waals surface area contributed by atoms with Gasteiger partial charge in [-0.2, -0.15) is 0 Å². The van der Waals surface area contributed by atoms with Crippen molar-refractivity contribution in [2.75, 3.05) is 13.1 Å². The summed E-state index contributed by atoms with van der Waals surface area (Å²) < 4.78 is 11.0. The molecule has 2 rings (SSSR count). The minimum Gasteiger partial charge on any atom is -0.469 e. The molecule has 2 atom stereocenters. The zero-order chi connectivity index (χ0) is 10.5. The Bertz CT molecular complexity index is 271. The van der Waals surface area contributed by atoms with Gasteiger partial charge in [0.05, 0.1) is 18.5 Å². The maximum atomic E-state index is 5.71. The standard InChI is InChI=1S/C12H19NO2/c1-10-4-5-12(15-10)9-13-7-6-11-3-2-8-14-11/h2-3,8,10,12-13H,4-7,9H2,1H3. The lowest BCUT2D eigenvalue weighted by molar-refractivity contribution is 0.0562. The van der Waals surface area contributed by atoms with E-state index in [4.69, 9.17) is 9.15 Å². The summed E-state index contributed by atoms with van der Waals surface area (Å²) in [5.74, 6) is 1.04. The molecule has 0 bridgehead atoms. The molecule has 3 heteroatoms. The van der Waals surface area contributed by atoms with E-state index in [1.165, 1.54) is 12.8 Å². The van der Waals surface area contributed by atoms with Crippen LogP contribution in [0.2, 0.25) is 0 Å². The van der Waals surface area contributed by atoms with Crippen LogP contribution in [0, 0.1) is 0 Å². The molecule has 1 aliphatic rings. The Morgan fingerprint density at radius 3 is 3.07 bits per heavy atom. The largest absolute Gasteiger partial charge is 0.469 e. The number of hydrogen-bond donors (Lipinski definition) is 1. The fourth-order valence-corrected chi connectivity index (χ4v) is 1.96. The maximum Gasteiger partial charge on any atom is 0.105 e. The van der Waals surface area contributed by atoms with Crippen LogP contribution in [0.5, 0.6) is 0 Å². The van der Waals surface area contributed by atoms with E-state index in [1.807, 2.05) is 12.1 Å². The van der Waals surface area contributed by atoms with Gasteiger partial charge in [-0.15, -0.1) is 0 Å². The summed E-state index contributed by atoms with van der Waals surface area (Å²) in [7, 11) is 0. The van der Waals surface area contributed by atoms with Crippen molar-refractivity contribution in [3.8, 4) is 0 Å². The molecule has 0 amide bonds. The predicted octanol–water partition coefficient (Wildman–Crippen LogP) is 1.98. The molecule has 0 radical (unpaired) electrons. The van der Waals surface area contributed by atoms with E-state index < -0.39 is 0 Å². The molecule has 0 aliphatic carbocycles. The van der Waals surface area contributed by atoms with Crippen LogP contribution in [0.25, 0.3) is 0 Å². The minimum absolute atomic E-state index is 0.414. The molecular weight excluding hydrogens is 190 g/mol. The number of furan rings is 1. The number of hydrogen-bond acceptors (Lipinski definition) is 3. The van der Waals surface area contributed by atoms with Crippen LogP contribution in [-0.2, 0) is 11.2 Å². The highest BCUT2D eigenvalue weighted by atomic mass is 16.5.